The van der Waals surface area contributed by atoms with Crippen molar-refractivity contribution in [2.75, 3.05) is 5.32 Å². The lowest BCUT2D eigenvalue weighted by Crippen LogP contribution is -2.13. The Bertz CT molecular complexity index is 698. The predicted molar refractivity (Wildman–Crippen MR) is 72.0 cm³/mol. The Morgan fingerprint density at radius 3 is 2.52 bits per heavy atom. The Morgan fingerprint density at radius 1 is 1.38 bits per heavy atom. The van der Waals surface area contributed by atoms with E-state index in [9.17, 15) is 23.1 Å². The van der Waals surface area contributed by atoms with Crippen LogP contribution in [0.3, 0.4) is 0 Å². The van der Waals surface area contributed by atoms with Crippen molar-refractivity contribution in [2.24, 2.45) is 7.05 Å². The summed E-state index contributed by atoms with van der Waals surface area (Å²) in [5, 5.41) is 15.4. The van der Waals surface area contributed by atoms with Crippen molar-refractivity contribution in [3.8, 4) is 5.75 Å². The maximum absolute atomic E-state index is 12.8. The van der Waals surface area contributed by atoms with E-state index in [1.165, 1.54) is 12.1 Å². The molecule has 0 unspecified atom stereocenters. The van der Waals surface area contributed by atoms with E-state index in [1.807, 2.05) is 0 Å². The van der Waals surface area contributed by atoms with Gasteiger partial charge in [0.1, 0.15) is 5.75 Å². The topological polar surface area (TPSA) is 67.2 Å². The first kappa shape index (κ1) is 15.4. The molecule has 1 aromatic heterocycles. The van der Waals surface area contributed by atoms with Crippen molar-refractivity contribution in [2.45, 2.75) is 6.18 Å². The van der Waals surface area contributed by atoms with E-state index >= 15 is 0 Å². The lowest BCUT2D eigenvalue weighted by molar-refractivity contribution is -0.144. The molecule has 0 saturated heterocycles. The van der Waals surface area contributed by atoms with E-state index in [0.717, 1.165) is 7.05 Å². The van der Waals surface area contributed by atoms with Gasteiger partial charge in [0.2, 0.25) is 0 Å². The maximum Gasteiger partial charge on any atom is 0.434 e. The summed E-state index contributed by atoms with van der Waals surface area (Å²) in [6.07, 6.45) is -4.64. The zero-order chi connectivity index (χ0) is 15.8. The molecule has 2 rings (SSSR count). The van der Waals surface area contributed by atoms with Crippen LogP contribution >= 0.6 is 15.9 Å². The number of para-hydroxylation sites is 2. The number of halogens is 4. The summed E-state index contributed by atoms with van der Waals surface area (Å²) in [4.78, 5) is 12.0. The molecule has 0 bridgehead atoms. The average Bonchev–Trinajstić information content (AvgIpc) is 2.67. The minimum atomic E-state index is -4.64. The van der Waals surface area contributed by atoms with Crippen LogP contribution in [0.4, 0.5) is 18.9 Å². The molecule has 5 nitrogen and oxygen atoms in total. The molecule has 21 heavy (non-hydrogen) atoms. The van der Waals surface area contributed by atoms with Crippen LogP contribution in [0.1, 0.15) is 16.2 Å². The number of rotatable bonds is 2. The molecular weight excluding hydrogens is 355 g/mol. The summed E-state index contributed by atoms with van der Waals surface area (Å²) < 4.78 is 38.6. The Hall–Kier alpha value is -2.03. The third-order valence-electron chi connectivity index (χ3n) is 2.63. The van der Waals surface area contributed by atoms with Gasteiger partial charge >= 0.3 is 6.18 Å². The molecule has 0 radical (unpaired) electrons. The number of aromatic hydroxyl groups is 1. The molecule has 0 saturated carbocycles. The fourth-order valence-electron chi connectivity index (χ4n) is 1.71. The number of aromatic nitrogens is 2. The molecule has 1 amide bonds. The van der Waals surface area contributed by atoms with Gasteiger partial charge in [0.05, 0.1) is 10.2 Å². The number of phenolic OH excluding ortho intramolecular Hbond substituents is 1. The highest BCUT2D eigenvalue weighted by molar-refractivity contribution is 9.10. The summed E-state index contributed by atoms with van der Waals surface area (Å²) in [5.41, 5.74) is -1.41. The highest BCUT2D eigenvalue weighted by atomic mass is 79.9. The van der Waals surface area contributed by atoms with Gasteiger partial charge in [-0.25, -0.2) is 0 Å². The molecule has 0 spiro atoms. The fraction of sp³-hybridized carbons (Fsp3) is 0.167. The molecule has 0 fully saturated rings. The smallest absolute Gasteiger partial charge is 0.434 e. The molecule has 2 aromatic rings. The molecule has 9 heteroatoms. The molecule has 0 aliphatic rings. The number of carbonyl (C=O) groups is 1. The summed E-state index contributed by atoms with van der Waals surface area (Å²) in [5.74, 6) is -1.07. The largest absolute Gasteiger partial charge is 0.506 e. The van der Waals surface area contributed by atoms with Crippen molar-refractivity contribution in [3.63, 3.8) is 0 Å². The minimum Gasteiger partial charge on any atom is -0.506 e. The Kier molecular flexibility index (Phi) is 3.95. The predicted octanol–water partition coefficient (Wildman–Crippen LogP) is 3.16. The van der Waals surface area contributed by atoms with E-state index in [1.54, 1.807) is 12.1 Å². The fourth-order valence-corrected chi connectivity index (χ4v) is 2.45. The molecule has 1 heterocycles. The second kappa shape index (κ2) is 5.40. The molecule has 1 aromatic carbocycles. The maximum atomic E-state index is 12.8. The van der Waals surface area contributed by atoms with Crippen molar-refractivity contribution in [1.82, 2.24) is 9.78 Å². The van der Waals surface area contributed by atoms with Gasteiger partial charge in [0.15, 0.2) is 11.4 Å². The van der Waals surface area contributed by atoms with Gasteiger partial charge < -0.3 is 10.4 Å². The third-order valence-corrected chi connectivity index (χ3v) is 3.38. The van der Waals surface area contributed by atoms with Gasteiger partial charge in [0.25, 0.3) is 5.91 Å². The quantitative estimate of drug-likeness (QED) is 0.805. The van der Waals surface area contributed by atoms with Crippen LogP contribution in [0.5, 0.6) is 5.75 Å². The summed E-state index contributed by atoms with van der Waals surface area (Å²) >= 11 is 2.74. The van der Waals surface area contributed by atoms with E-state index in [4.69, 9.17) is 0 Å². The number of nitrogens with zero attached hydrogens (tertiary/aromatic N) is 2. The van der Waals surface area contributed by atoms with Crippen LogP contribution in [0, 0.1) is 0 Å². The van der Waals surface area contributed by atoms with Crippen LogP contribution < -0.4 is 5.32 Å². The minimum absolute atomic E-state index is 0.0774. The first-order chi connectivity index (χ1) is 9.71. The third kappa shape index (κ3) is 3.02. The summed E-state index contributed by atoms with van der Waals surface area (Å²) in [6.45, 7) is 0. The molecule has 112 valence electrons. The van der Waals surface area contributed by atoms with E-state index in [2.05, 4.69) is 26.3 Å². The van der Waals surface area contributed by atoms with Gasteiger partial charge in [-0.1, -0.05) is 12.1 Å². The number of anilines is 1. The second-order valence-electron chi connectivity index (χ2n) is 4.10. The molecule has 0 aliphatic heterocycles. The number of aryl methyl sites for hydroxylation is 1. The van der Waals surface area contributed by atoms with Crippen LogP contribution in [0.2, 0.25) is 0 Å². The highest BCUT2D eigenvalue weighted by Crippen LogP contribution is 2.36. The lowest BCUT2D eigenvalue weighted by Gasteiger charge is -2.07. The monoisotopic (exact) mass is 363 g/mol. The van der Waals surface area contributed by atoms with Crippen LogP contribution in [0.15, 0.2) is 28.7 Å². The highest BCUT2D eigenvalue weighted by Gasteiger charge is 2.39. The Morgan fingerprint density at radius 2 is 2.00 bits per heavy atom. The van der Waals surface area contributed by atoms with Gasteiger partial charge in [-0.3, -0.25) is 9.48 Å². The van der Waals surface area contributed by atoms with Crippen molar-refractivity contribution in [3.05, 3.63) is 40.1 Å². The number of alkyl halides is 3. The number of phenols is 1. The molecule has 0 atom stereocenters. The summed E-state index contributed by atoms with van der Waals surface area (Å²) in [6, 6.07) is 5.85. The second-order valence-corrected chi connectivity index (χ2v) is 4.90. The Labute approximate surface area is 125 Å². The first-order valence-corrected chi connectivity index (χ1v) is 6.40. The van der Waals surface area contributed by atoms with Crippen molar-refractivity contribution in [1.29, 1.82) is 0 Å². The molecular formula is C12H9BrF3N3O2. The molecule has 2 N–H and O–H groups in total. The zero-order valence-electron chi connectivity index (χ0n) is 10.6. The number of amides is 1. The number of hydrogen-bond acceptors (Lipinski definition) is 3. The van der Waals surface area contributed by atoms with Crippen LogP contribution in [-0.2, 0) is 13.2 Å². The zero-order valence-corrected chi connectivity index (χ0v) is 12.2. The van der Waals surface area contributed by atoms with Gasteiger partial charge in [-0.2, -0.15) is 18.3 Å². The lowest BCUT2D eigenvalue weighted by atomic mass is 10.2. The van der Waals surface area contributed by atoms with Crippen molar-refractivity contribution >= 4 is 27.5 Å². The van der Waals surface area contributed by atoms with Gasteiger partial charge in [-0.05, 0) is 28.1 Å². The van der Waals surface area contributed by atoms with Crippen LogP contribution in [-0.4, -0.2) is 20.8 Å². The number of carbonyl (C=O) groups excluding carboxylic acids is 1. The van der Waals surface area contributed by atoms with Crippen LogP contribution in [0.25, 0.3) is 0 Å². The number of benzene rings is 1. The SMILES string of the molecule is Cn1nc(C(=O)Nc2ccccc2O)c(Br)c1C(F)(F)F. The van der Waals surface area contributed by atoms with Crippen molar-refractivity contribution < 1.29 is 23.1 Å². The Balaban J connectivity index is 2.35. The first-order valence-electron chi connectivity index (χ1n) is 5.61. The van der Waals surface area contributed by atoms with Gasteiger partial charge in [0, 0.05) is 7.05 Å². The molecule has 0 aliphatic carbocycles. The van der Waals surface area contributed by atoms with Gasteiger partial charge in [-0.15, -0.1) is 0 Å². The standard InChI is InChI=1S/C12H9BrF3N3O2/c1-19-10(12(14,15)16)8(13)9(18-19)11(21)17-6-4-2-3-5-7(6)20/h2-5,20H,1H3,(H,17,21). The normalized spacial score (nSPS) is 11.5. The van der Waals surface area contributed by atoms with E-state index < -0.39 is 27.9 Å². The average molecular weight is 364 g/mol. The number of nitrogens with one attached hydrogen (secondary N) is 1. The van der Waals surface area contributed by atoms with E-state index in [-0.39, 0.29) is 11.4 Å². The summed E-state index contributed by atoms with van der Waals surface area (Å²) in [7, 11) is 1.09. The van der Waals surface area contributed by atoms with E-state index in [0.29, 0.717) is 4.68 Å². The number of hydrogen-bond donors (Lipinski definition) is 2.